The van der Waals surface area contributed by atoms with Crippen molar-refractivity contribution in [2.45, 2.75) is 6.54 Å². The lowest BCUT2D eigenvalue weighted by atomic mass is 10.2. The highest BCUT2D eigenvalue weighted by molar-refractivity contribution is 6.02. The number of anilines is 1. The van der Waals surface area contributed by atoms with Gasteiger partial charge < -0.3 is 14.5 Å². The van der Waals surface area contributed by atoms with Gasteiger partial charge in [-0.05, 0) is 23.8 Å². The second-order valence-corrected chi connectivity index (χ2v) is 5.43. The molecule has 8 nitrogen and oxygen atoms in total. The summed E-state index contributed by atoms with van der Waals surface area (Å²) < 4.78 is 10.2. The Labute approximate surface area is 138 Å². The zero-order valence-electron chi connectivity index (χ0n) is 12.9. The molecule has 8 heteroatoms. The SMILES string of the molecule is O=C(Nc1ccc(CN2CCOCC2)cc1)c1ccc([N+](=O)[O-])o1. The van der Waals surface area contributed by atoms with Crippen LogP contribution < -0.4 is 5.32 Å². The average Bonchev–Trinajstić information content (AvgIpc) is 3.08. The van der Waals surface area contributed by atoms with Crippen molar-refractivity contribution in [1.82, 2.24) is 4.90 Å². The number of carbonyl (C=O) groups excluding carboxylic acids is 1. The highest BCUT2D eigenvalue weighted by Crippen LogP contribution is 2.18. The molecule has 2 heterocycles. The molecule has 1 saturated heterocycles. The van der Waals surface area contributed by atoms with Gasteiger partial charge in [0.1, 0.15) is 4.92 Å². The number of morpholine rings is 1. The molecule has 1 aromatic carbocycles. The second-order valence-electron chi connectivity index (χ2n) is 5.43. The van der Waals surface area contributed by atoms with Crippen LogP contribution in [0.25, 0.3) is 0 Å². The summed E-state index contributed by atoms with van der Waals surface area (Å²) >= 11 is 0. The number of rotatable bonds is 5. The molecular formula is C16H17N3O5. The summed E-state index contributed by atoms with van der Waals surface area (Å²) in [5.41, 5.74) is 1.74. The van der Waals surface area contributed by atoms with Gasteiger partial charge in [0.25, 0.3) is 5.91 Å². The summed E-state index contributed by atoms with van der Waals surface area (Å²) in [6, 6.07) is 9.90. The summed E-state index contributed by atoms with van der Waals surface area (Å²) in [5.74, 6) is -1.08. The number of ether oxygens (including phenoxy) is 1. The van der Waals surface area contributed by atoms with Crippen LogP contribution in [-0.4, -0.2) is 42.0 Å². The Hall–Kier alpha value is -2.71. The lowest BCUT2D eigenvalue weighted by Crippen LogP contribution is -2.35. The third kappa shape index (κ3) is 3.98. The number of carbonyl (C=O) groups is 1. The lowest BCUT2D eigenvalue weighted by Gasteiger charge is -2.26. The molecule has 0 radical (unpaired) electrons. The molecule has 1 amide bonds. The van der Waals surface area contributed by atoms with Gasteiger partial charge in [-0.15, -0.1) is 0 Å². The van der Waals surface area contributed by atoms with E-state index in [0.717, 1.165) is 44.5 Å². The van der Waals surface area contributed by atoms with E-state index in [9.17, 15) is 14.9 Å². The summed E-state index contributed by atoms with van der Waals surface area (Å²) in [6.45, 7) is 4.17. The van der Waals surface area contributed by atoms with Crippen LogP contribution in [0.4, 0.5) is 11.6 Å². The van der Waals surface area contributed by atoms with Crippen molar-refractivity contribution in [3.05, 3.63) is 57.8 Å². The van der Waals surface area contributed by atoms with Gasteiger partial charge in [-0.2, -0.15) is 0 Å². The van der Waals surface area contributed by atoms with E-state index < -0.39 is 16.7 Å². The Bertz CT molecular complexity index is 720. The number of benzene rings is 1. The molecule has 0 saturated carbocycles. The fourth-order valence-electron chi connectivity index (χ4n) is 2.45. The third-order valence-electron chi connectivity index (χ3n) is 3.72. The molecule has 2 aromatic rings. The van der Waals surface area contributed by atoms with Crippen LogP contribution in [0.15, 0.2) is 40.8 Å². The van der Waals surface area contributed by atoms with Crippen molar-refractivity contribution in [3.63, 3.8) is 0 Å². The summed E-state index contributed by atoms with van der Waals surface area (Å²) in [6.07, 6.45) is 0. The number of amides is 1. The first-order chi connectivity index (χ1) is 11.6. The smallest absolute Gasteiger partial charge is 0.395 e. The second kappa shape index (κ2) is 7.24. The van der Waals surface area contributed by atoms with Crippen LogP contribution in [0, 0.1) is 10.1 Å². The van der Waals surface area contributed by atoms with Crippen molar-refractivity contribution < 1.29 is 18.9 Å². The van der Waals surface area contributed by atoms with E-state index in [2.05, 4.69) is 10.2 Å². The van der Waals surface area contributed by atoms with Gasteiger partial charge in [0.05, 0.1) is 19.3 Å². The quantitative estimate of drug-likeness (QED) is 0.667. The first-order valence-corrected chi connectivity index (χ1v) is 7.56. The lowest BCUT2D eigenvalue weighted by molar-refractivity contribution is -0.402. The summed E-state index contributed by atoms with van der Waals surface area (Å²) in [5, 5.41) is 13.2. The normalized spacial score (nSPS) is 15.2. The maximum absolute atomic E-state index is 12.0. The van der Waals surface area contributed by atoms with Crippen molar-refractivity contribution in [3.8, 4) is 0 Å². The Morgan fingerprint density at radius 1 is 1.17 bits per heavy atom. The van der Waals surface area contributed by atoms with Crippen molar-refractivity contribution >= 4 is 17.5 Å². The molecule has 0 unspecified atom stereocenters. The van der Waals surface area contributed by atoms with Crippen molar-refractivity contribution in [1.29, 1.82) is 0 Å². The van der Waals surface area contributed by atoms with Crippen molar-refractivity contribution in [2.75, 3.05) is 31.6 Å². The van der Waals surface area contributed by atoms with Crippen molar-refractivity contribution in [2.24, 2.45) is 0 Å². The Morgan fingerprint density at radius 2 is 1.88 bits per heavy atom. The predicted octanol–water partition coefficient (Wildman–Crippen LogP) is 2.27. The molecule has 3 rings (SSSR count). The first kappa shape index (κ1) is 16.2. The number of nitro groups is 1. The zero-order valence-corrected chi connectivity index (χ0v) is 12.9. The standard InChI is InChI=1S/C16H17N3O5/c20-16(14-5-6-15(24-14)19(21)22)17-13-3-1-12(2-4-13)11-18-7-9-23-10-8-18/h1-6H,7-11H2,(H,17,20). The molecule has 1 aliphatic heterocycles. The van der Waals surface area contributed by atoms with E-state index >= 15 is 0 Å². The number of nitrogens with one attached hydrogen (secondary N) is 1. The van der Waals surface area contributed by atoms with Gasteiger partial charge in [-0.1, -0.05) is 12.1 Å². The molecule has 0 spiro atoms. The monoisotopic (exact) mass is 331 g/mol. The largest absolute Gasteiger partial charge is 0.433 e. The molecule has 0 bridgehead atoms. The van der Waals surface area contributed by atoms with Gasteiger partial charge in [0, 0.05) is 25.3 Å². The zero-order chi connectivity index (χ0) is 16.9. The minimum absolute atomic E-state index is 0.0981. The molecule has 0 aliphatic carbocycles. The van der Waals surface area contributed by atoms with Crippen LogP contribution in [0.2, 0.25) is 0 Å². The molecule has 1 N–H and O–H groups in total. The Morgan fingerprint density at radius 3 is 2.50 bits per heavy atom. The minimum atomic E-state index is -0.683. The van der Waals surface area contributed by atoms with Crippen LogP contribution in [0.5, 0.6) is 0 Å². The van der Waals surface area contributed by atoms with Gasteiger partial charge >= 0.3 is 5.88 Å². The molecule has 0 atom stereocenters. The topological polar surface area (TPSA) is 97.9 Å². The fourth-order valence-corrected chi connectivity index (χ4v) is 2.45. The van der Waals surface area contributed by atoms with Gasteiger partial charge in [0.15, 0.2) is 5.76 Å². The number of nitrogens with zero attached hydrogens (tertiary/aromatic N) is 2. The molecule has 1 aliphatic rings. The highest BCUT2D eigenvalue weighted by atomic mass is 16.6. The van der Waals surface area contributed by atoms with Crippen LogP contribution in [0.3, 0.4) is 0 Å². The van der Waals surface area contributed by atoms with Crippen LogP contribution in [0.1, 0.15) is 16.1 Å². The predicted molar refractivity (Wildman–Crippen MR) is 85.9 cm³/mol. The summed E-state index contributed by atoms with van der Waals surface area (Å²) in [7, 11) is 0. The average molecular weight is 331 g/mol. The minimum Gasteiger partial charge on any atom is -0.395 e. The number of hydrogen-bond acceptors (Lipinski definition) is 6. The highest BCUT2D eigenvalue weighted by Gasteiger charge is 2.17. The fraction of sp³-hybridized carbons (Fsp3) is 0.312. The maximum Gasteiger partial charge on any atom is 0.433 e. The van der Waals surface area contributed by atoms with E-state index in [1.54, 1.807) is 12.1 Å². The molecule has 1 fully saturated rings. The van der Waals surface area contributed by atoms with Gasteiger partial charge in [-0.25, -0.2) is 0 Å². The Kier molecular flexibility index (Phi) is 4.88. The van der Waals surface area contributed by atoms with E-state index in [0.29, 0.717) is 5.69 Å². The van der Waals surface area contributed by atoms with E-state index in [4.69, 9.17) is 9.15 Å². The summed E-state index contributed by atoms with van der Waals surface area (Å²) in [4.78, 5) is 24.2. The van der Waals surface area contributed by atoms with Gasteiger partial charge in [0.2, 0.25) is 0 Å². The van der Waals surface area contributed by atoms with E-state index in [-0.39, 0.29) is 5.76 Å². The number of hydrogen-bond donors (Lipinski definition) is 1. The molecular weight excluding hydrogens is 314 g/mol. The van der Waals surface area contributed by atoms with E-state index in [1.165, 1.54) is 6.07 Å². The van der Waals surface area contributed by atoms with E-state index in [1.807, 2.05) is 12.1 Å². The van der Waals surface area contributed by atoms with Crippen LogP contribution >= 0.6 is 0 Å². The molecule has 126 valence electrons. The molecule has 24 heavy (non-hydrogen) atoms. The van der Waals surface area contributed by atoms with Gasteiger partial charge in [-0.3, -0.25) is 19.8 Å². The third-order valence-corrected chi connectivity index (χ3v) is 3.72. The van der Waals surface area contributed by atoms with Crippen LogP contribution in [-0.2, 0) is 11.3 Å². The Balaban J connectivity index is 1.58. The first-order valence-electron chi connectivity index (χ1n) is 7.56. The maximum atomic E-state index is 12.0. The number of furan rings is 1. The molecule has 1 aromatic heterocycles.